The number of rotatable bonds is 7. The lowest BCUT2D eigenvalue weighted by atomic mass is 10.2. The van der Waals surface area contributed by atoms with Crippen LogP contribution in [0.2, 0.25) is 0 Å². The van der Waals surface area contributed by atoms with Gasteiger partial charge in [-0.15, -0.1) is 0 Å². The highest BCUT2D eigenvalue weighted by Crippen LogP contribution is 2.11. The van der Waals surface area contributed by atoms with Crippen LogP contribution >= 0.6 is 0 Å². The van der Waals surface area contributed by atoms with E-state index in [4.69, 9.17) is 9.47 Å². The molecule has 0 N–H and O–H groups in total. The number of ether oxygens (including phenoxy) is 2. The zero-order valence-corrected chi connectivity index (χ0v) is 12.1. The molecular weight excluding hydrogens is 228 g/mol. The molecule has 0 aliphatic heterocycles. The molecule has 0 fully saturated rings. The predicted octanol–water partition coefficient (Wildman–Crippen LogP) is 2.99. The Balaban J connectivity index is 2.57. The Labute approximate surface area is 110 Å². The van der Waals surface area contributed by atoms with Gasteiger partial charge in [-0.25, -0.2) is 4.98 Å². The fourth-order valence-electron chi connectivity index (χ4n) is 1.38. The van der Waals surface area contributed by atoms with E-state index in [0.29, 0.717) is 36.8 Å². The summed E-state index contributed by atoms with van der Waals surface area (Å²) in [4.78, 5) is 8.69. The van der Waals surface area contributed by atoms with Gasteiger partial charge in [-0.2, -0.15) is 4.98 Å². The van der Waals surface area contributed by atoms with Crippen molar-refractivity contribution in [1.29, 1.82) is 0 Å². The molecule has 1 heterocycles. The fourth-order valence-corrected chi connectivity index (χ4v) is 1.38. The summed E-state index contributed by atoms with van der Waals surface area (Å²) in [6, 6.07) is 1.86. The second kappa shape index (κ2) is 7.31. The Morgan fingerprint density at radius 2 is 1.72 bits per heavy atom. The molecule has 0 spiro atoms. The van der Waals surface area contributed by atoms with Crippen molar-refractivity contribution in [1.82, 2.24) is 9.97 Å². The Morgan fingerprint density at radius 1 is 1.06 bits per heavy atom. The van der Waals surface area contributed by atoms with Crippen molar-refractivity contribution < 1.29 is 9.47 Å². The van der Waals surface area contributed by atoms with Gasteiger partial charge < -0.3 is 9.47 Å². The number of aryl methyl sites for hydroxylation is 1. The Bertz CT molecular complexity index is 365. The van der Waals surface area contributed by atoms with Gasteiger partial charge in [-0.1, -0.05) is 27.7 Å². The van der Waals surface area contributed by atoms with Gasteiger partial charge in [0.15, 0.2) is 5.82 Å². The Morgan fingerprint density at radius 3 is 2.33 bits per heavy atom. The molecule has 0 amide bonds. The highest BCUT2D eigenvalue weighted by molar-refractivity contribution is 5.15. The van der Waals surface area contributed by atoms with E-state index in [-0.39, 0.29) is 0 Å². The molecule has 0 atom stereocenters. The highest BCUT2D eigenvalue weighted by atomic mass is 16.5. The Kier molecular flexibility index (Phi) is 6.05. The summed E-state index contributed by atoms with van der Waals surface area (Å²) in [5.74, 6) is 2.33. The van der Waals surface area contributed by atoms with E-state index in [0.717, 1.165) is 12.3 Å². The first-order valence-corrected chi connectivity index (χ1v) is 6.52. The van der Waals surface area contributed by atoms with Crippen LogP contribution in [0.5, 0.6) is 5.88 Å². The van der Waals surface area contributed by atoms with Crippen LogP contribution in [0.25, 0.3) is 0 Å². The van der Waals surface area contributed by atoms with Crippen LogP contribution in [0, 0.1) is 18.8 Å². The SMILES string of the molecule is Cc1cc(OCC(C)C)nc(COCC(C)C)n1. The zero-order valence-electron chi connectivity index (χ0n) is 12.1. The lowest BCUT2D eigenvalue weighted by Crippen LogP contribution is -2.09. The normalized spacial score (nSPS) is 11.3. The van der Waals surface area contributed by atoms with Crippen molar-refractivity contribution >= 4 is 0 Å². The van der Waals surface area contributed by atoms with E-state index in [1.807, 2.05) is 13.0 Å². The largest absolute Gasteiger partial charge is 0.477 e. The van der Waals surface area contributed by atoms with Crippen molar-refractivity contribution in [3.63, 3.8) is 0 Å². The predicted molar refractivity (Wildman–Crippen MR) is 71.6 cm³/mol. The quantitative estimate of drug-likeness (QED) is 0.748. The number of hydrogen-bond acceptors (Lipinski definition) is 4. The molecule has 102 valence electrons. The minimum Gasteiger partial charge on any atom is -0.477 e. The number of hydrogen-bond donors (Lipinski definition) is 0. The van der Waals surface area contributed by atoms with Crippen molar-refractivity contribution in [2.45, 2.75) is 41.2 Å². The molecule has 4 nitrogen and oxygen atoms in total. The van der Waals surface area contributed by atoms with E-state index >= 15 is 0 Å². The monoisotopic (exact) mass is 252 g/mol. The van der Waals surface area contributed by atoms with Crippen molar-refractivity contribution in [2.75, 3.05) is 13.2 Å². The van der Waals surface area contributed by atoms with Crippen molar-refractivity contribution in [3.05, 3.63) is 17.6 Å². The molecule has 0 aliphatic rings. The van der Waals surface area contributed by atoms with Gasteiger partial charge in [0.1, 0.15) is 6.61 Å². The minimum absolute atomic E-state index is 0.442. The maximum atomic E-state index is 5.61. The van der Waals surface area contributed by atoms with Crippen LogP contribution in [-0.2, 0) is 11.3 Å². The molecule has 1 aromatic heterocycles. The van der Waals surface area contributed by atoms with E-state index in [9.17, 15) is 0 Å². The Hall–Kier alpha value is -1.16. The first-order chi connectivity index (χ1) is 8.47. The maximum Gasteiger partial charge on any atom is 0.216 e. The van der Waals surface area contributed by atoms with E-state index in [1.54, 1.807) is 0 Å². The van der Waals surface area contributed by atoms with E-state index in [1.165, 1.54) is 0 Å². The number of nitrogens with zero attached hydrogens (tertiary/aromatic N) is 2. The topological polar surface area (TPSA) is 44.2 Å². The summed E-state index contributed by atoms with van der Waals surface area (Å²) in [5, 5.41) is 0. The van der Waals surface area contributed by atoms with Crippen LogP contribution in [0.15, 0.2) is 6.07 Å². The molecule has 0 saturated carbocycles. The molecule has 1 aromatic rings. The summed E-state index contributed by atoms with van der Waals surface area (Å²) in [7, 11) is 0. The molecule has 4 heteroatoms. The average Bonchev–Trinajstić information content (AvgIpc) is 2.25. The second-order valence-corrected chi connectivity index (χ2v) is 5.38. The summed E-state index contributed by atoms with van der Waals surface area (Å²) in [5.41, 5.74) is 0.909. The summed E-state index contributed by atoms with van der Waals surface area (Å²) in [6.45, 7) is 12.2. The molecule has 0 unspecified atom stereocenters. The van der Waals surface area contributed by atoms with Gasteiger partial charge in [0.2, 0.25) is 5.88 Å². The number of aromatic nitrogens is 2. The summed E-state index contributed by atoms with van der Waals surface area (Å²) in [6.07, 6.45) is 0. The van der Waals surface area contributed by atoms with E-state index < -0.39 is 0 Å². The third-order valence-electron chi connectivity index (χ3n) is 2.12. The van der Waals surface area contributed by atoms with Crippen LogP contribution in [0.3, 0.4) is 0 Å². The molecule has 18 heavy (non-hydrogen) atoms. The van der Waals surface area contributed by atoms with Gasteiger partial charge in [0.05, 0.1) is 6.61 Å². The minimum atomic E-state index is 0.442. The van der Waals surface area contributed by atoms with Gasteiger partial charge in [-0.3, -0.25) is 0 Å². The molecule has 0 saturated heterocycles. The van der Waals surface area contributed by atoms with Crippen LogP contribution < -0.4 is 4.74 Å². The zero-order chi connectivity index (χ0) is 13.5. The third-order valence-corrected chi connectivity index (χ3v) is 2.12. The second-order valence-electron chi connectivity index (χ2n) is 5.38. The van der Waals surface area contributed by atoms with Gasteiger partial charge in [0.25, 0.3) is 0 Å². The van der Waals surface area contributed by atoms with Gasteiger partial charge >= 0.3 is 0 Å². The molecule has 1 rings (SSSR count). The summed E-state index contributed by atoms with van der Waals surface area (Å²) < 4.78 is 11.1. The average molecular weight is 252 g/mol. The van der Waals surface area contributed by atoms with Crippen LogP contribution in [-0.4, -0.2) is 23.2 Å². The molecule has 0 aliphatic carbocycles. The standard InChI is InChI=1S/C14H24N2O2/c1-10(2)7-17-9-13-15-12(5)6-14(16-13)18-8-11(3)4/h6,10-11H,7-9H2,1-5H3. The van der Waals surface area contributed by atoms with Gasteiger partial charge in [-0.05, 0) is 18.8 Å². The first kappa shape index (κ1) is 14.9. The van der Waals surface area contributed by atoms with Crippen LogP contribution in [0.4, 0.5) is 0 Å². The molecule has 0 radical (unpaired) electrons. The first-order valence-electron chi connectivity index (χ1n) is 6.52. The third kappa shape index (κ3) is 5.96. The summed E-state index contributed by atoms with van der Waals surface area (Å²) >= 11 is 0. The van der Waals surface area contributed by atoms with Crippen LogP contribution in [0.1, 0.15) is 39.2 Å². The van der Waals surface area contributed by atoms with Crippen molar-refractivity contribution in [2.24, 2.45) is 11.8 Å². The van der Waals surface area contributed by atoms with Gasteiger partial charge in [0, 0.05) is 18.4 Å². The molecule has 0 aromatic carbocycles. The molecular formula is C14H24N2O2. The maximum absolute atomic E-state index is 5.61. The smallest absolute Gasteiger partial charge is 0.216 e. The van der Waals surface area contributed by atoms with E-state index in [2.05, 4.69) is 37.7 Å². The lowest BCUT2D eigenvalue weighted by molar-refractivity contribution is 0.0915. The lowest BCUT2D eigenvalue weighted by Gasteiger charge is -2.10. The highest BCUT2D eigenvalue weighted by Gasteiger charge is 2.05. The fraction of sp³-hybridized carbons (Fsp3) is 0.714. The molecule has 0 bridgehead atoms. The van der Waals surface area contributed by atoms with Crippen molar-refractivity contribution in [3.8, 4) is 5.88 Å².